The van der Waals surface area contributed by atoms with E-state index in [1.54, 1.807) is 0 Å². The summed E-state index contributed by atoms with van der Waals surface area (Å²) in [5.74, 6) is 0.871. The normalized spacial score (nSPS) is 60.3. The van der Waals surface area contributed by atoms with E-state index in [2.05, 4.69) is 19.0 Å². The van der Waals surface area contributed by atoms with Crippen molar-refractivity contribution < 1.29 is 0 Å². The van der Waals surface area contributed by atoms with Gasteiger partial charge in [0.2, 0.25) is 0 Å². The van der Waals surface area contributed by atoms with Crippen molar-refractivity contribution in [2.45, 2.75) is 57.9 Å². The van der Waals surface area contributed by atoms with Crippen molar-refractivity contribution in [2.75, 3.05) is 0 Å². The second-order valence-electron chi connectivity index (χ2n) is 6.97. The van der Waals surface area contributed by atoms with Gasteiger partial charge >= 0.3 is 0 Å². The SMILES string of the molecule is C[C@]12CC3CC(N=N)(C1)C[C@@](C)(C3)C2. The molecule has 4 atom stereocenters. The van der Waals surface area contributed by atoms with Crippen LogP contribution in [0.25, 0.3) is 0 Å². The van der Waals surface area contributed by atoms with Gasteiger partial charge in [-0.05, 0) is 55.3 Å². The molecular formula is C12H20N2. The molecule has 0 aromatic carbocycles. The van der Waals surface area contributed by atoms with E-state index in [1.807, 2.05) is 0 Å². The lowest BCUT2D eigenvalue weighted by atomic mass is 9.43. The standard InChI is InChI=1S/C12H20N2/c1-10-3-9-4-11(2,6-10)8-12(5-9,7-10)14-13/h9,13H,3-8H2,1-2H3/t9?,10-,11+,12?. The van der Waals surface area contributed by atoms with Crippen LogP contribution in [-0.4, -0.2) is 5.54 Å². The van der Waals surface area contributed by atoms with E-state index in [0.29, 0.717) is 10.8 Å². The van der Waals surface area contributed by atoms with Gasteiger partial charge in [0, 0.05) is 0 Å². The topological polar surface area (TPSA) is 36.2 Å². The summed E-state index contributed by atoms with van der Waals surface area (Å²) in [6, 6.07) is 0. The molecule has 1 N–H and O–H groups in total. The van der Waals surface area contributed by atoms with Crippen molar-refractivity contribution in [3.63, 3.8) is 0 Å². The van der Waals surface area contributed by atoms with Crippen molar-refractivity contribution in [3.8, 4) is 0 Å². The minimum atomic E-state index is 0.0584. The molecular weight excluding hydrogens is 172 g/mol. The lowest BCUT2D eigenvalue weighted by Crippen LogP contribution is -2.57. The van der Waals surface area contributed by atoms with E-state index in [-0.39, 0.29) is 5.54 Å². The fraction of sp³-hybridized carbons (Fsp3) is 1.00. The lowest BCUT2D eigenvalue weighted by Gasteiger charge is -2.63. The number of nitrogens with one attached hydrogen (secondary N) is 1. The number of nitrogens with zero attached hydrogens (tertiary/aromatic N) is 1. The Morgan fingerprint density at radius 3 is 2.00 bits per heavy atom. The van der Waals surface area contributed by atoms with Crippen molar-refractivity contribution in [1.82, 2.24) is 0 Å². The average Bonchev–Trinajstić information content (AvgIpc) is 1.97. The van der Waals surface area contributed by atoms with Crippen molar-refractivity contribution in [1.29, 1.82) is 5.53 Å². The maximum absolute atomic E-state index is 7.48. The smallest absolute Gasteiger partial charge is 0.0826 e. The van der Waals surface area contributed by atoms with Gasteiger partial charge in [0.1, 0.15) is 0 Å². The molecule has 14 heavy (non-hydrogen) atoms. The van der Waals surface area contributed by atoms with E-state index in [1.165, 1.54) is 38.5 Å². The first-order valence-corrected chi connectivity index (χ1v) is 5.85. The fourth-order valence-electron chi connectivity index (χ4n) is 5.51. The molecule has 4 saturated carbocycles. The molecule has 0 saturated heterocycles. The van der Waals surface area contributed by atoms with Crippen LogP contribution in [0.15, 0.2) is 5.11 Å². The lowest BCUT2D eigenvalue weighted by molar-refractivity contribution is -0.107. The molecule has 4 aliphatic carbocycles. The molecule has 4 fully saturated rings. The highest BCUT2D eigenvalue weighted by molar-refractivity contribution is 5.13. The minimum Gasteiger partial charge on any atom is -0.209 e. The van der Waals surface area contributed by atoms with Gasteiger partial charge in [-0.1, -0.05) is 13.8 Å². The van der Waals surface area contributed by atoms with Gasteiger partial charge in [-0.3, -0.25) is 0 Å². The highest BCUT2D eigenvalue weighted by atomic mass is 15.1. The largest absolute Gasteiger partial charge is 0.209 e. The molecule has 0 amide bonds. The summed E-state index contributed by atoms with van der Waals surface area (Å²) in [5, 5.41) is 4.02. The third kappa shape index (κ3) is 1.03. The van der Waals surface area contributed by atoms with E-state index < -0.39 is 0 Å². The molecule has 2 nitrogen and oxygen atoms in total. The van der Waals surface area contributed by atoms with Crippen LogP contribution in [0, 0.1) is 22.3 Å². The molecule has 2 heteroatoms. The zero-order valence-corrected chi connectivity index (χ0v) is 9.27. The second kappa shape index (κ2) is 2.23. The van der Waals surface area contributed by atoms with Crippen molar-refractivity contribution in [3.05, 3.63) is 0 Å². The molecule has 78 valence electrons. The van der Waals surface area contributed by atoms with Crippen LogP contribution in [0.4, 0.5) is 0 Å². The predicted molar refractivity (Wildman–Crippen MR) is 55.3 cm³/mol. The third-order valence-corrected chi connectivity index (χ3v) is 4.83. The molecule has 0 aliphatic heterocycles. The van der Waals surface area contributed by atoms with Gasteiger partial charge in [-0.2, -0.15) is 5.11 Å². The van der Waals surface area contributed by atoms with Gasteiger partial charge in [0.15, 0.2) is 0 Å². The Balaban J connectivity index is 2.05. The highest BCUT2D eigenvalue weighted by Crippen LogP contribution is 2.67. The van der Waals surface area contributed by atoms with Crippen LogP contribution in [0.5, 0.6) is 0 Å². The highest BCUT2D eigenvalue weighted by Gasteiger charge is 2.60. The summed E-state index contributed by atoms with van der Waals surface area (Å²) >= 11 is 0. The zero-order chi connectivity index (χ0) is 10.0. The van der Waals surface area contributed by atoms with Crippen molar-refractivity contribution >= 4 is 0 Å². The van der Waals surface area contributed by atoms with Crippen LogP contribution >= 0.6 is 0 Å². The molecule has 4 rings (SSSR count). The number of hydrogen-bond donors (Lipinski definition) is 1. The maximum Gasteiger partial charge on any atom is 0.0826 e. The van der Waals surface area contributed by atoms with Crippen LogP contribution in [0.3, 0.4) is 0 Å². The first-order chi connectivity index (χ1) is 6.47. The van der Waals surface area contributed by atoms with Crippen LogP contribution in [0.2, 0.25) is 0 Å². The molecule has 2 unspecified atom stereocenters. The summed E-state index contributed by atoms with van der Waals surface area (Å²) in [6.07, 6.45) is 7.78. The third-order valence-electron chi connectivity index (χ3n) is 4.83. The molecule has 0 heterocycles. The summed E-state index contributed by atoms with van der Waals surface area (Å²) in [4.78, 5) is 0. The van der Waals surface area contributed by atoms with E-state index in [9.17, 15) is 0 Å². The van der Waals surface area contributed by atoms with Crippen LogP contribution in [-0.2, 0) is 0 Å². The summed E-state index contributed by atoms with van der Waals surface area (Å²) in [6.45, 7) is 4.85. The maximum atomic E-state index is 7.48. The molecule has 4 aliphatic rings. The van der Waals surface area contributed by atoms with E-state index >= 15 is 0 Å². The first kappa shape index (κ1) is 8.87. The summed E-state index contributed by atoms with van der Waals surface area (Å²) in [5.41, 5.74) is 8.56. The summed E-state index contributed by atoms with van der Waals surface area (Å²) in [7, 11) is 0. The Morgan fingerprint density at radius 2 is 1.57 bits per heavy atom. The van der Waals surface area contributed by atoms with Gasteiger partial charge < -0.3 is 0 Å². The Labute approximate surface area is 86.0 Å². The summed E-state index contributed by atoms with van der Waals surface area (Å²) < 4.78 is 0. The molecule has 0 spiro atoms. The van der Waals surface area contributed by atoms with Crippen molar-refractivity contribution in [2.24, 2.45) is 21.9 Å². The monoisotopic (exact) mass is 192 g/mol. The second-order valence-corrected chi connectivity index (χ2v) is 6.97. The van der Waals surface area contributed by atoms with Crippen LogP contribution < -0.4 is 0 Å². The Morgan fingerprint density at radius 1 is 1.00 bits per heavy atom. The van der Waals surface area contributed by atoms with Gasteiger partial charge in [-0.15, -0.1) is 0 Å². The number of rotatable bonds is 1. The molecule has 0 aromatic rings. The average molecular weight is 192 g/mol. The van der Waals surface area contributed by atoms with E-state index in [0.717, 1.165) is 5.92 Å². The fourth-order valence-corrected chi connectivity index (χ4v) is 5.51. The Bertz CT molecular complexity index is 279. The Hall–Kier alpha value is -0.400. The van der Waals surface area contributed by atoms with Gasteiger partial charge in [0.05, 0.1) is 5.54 Å². The molecule has 0 radical (unpaired) electrons. The van der Waals surface area contributed by atoms with Gasteiger partial charge in [0.25, 0.3) is 0 Å². The Kier molecular flexibility index (Phi) is 1.41. The van der Waals surface area contributed by atoms with Crippen LogP contribution in [0.1, 0.15) is 52.4 Å². The zero-order valence-electron chi connectivity index (χ0n) is 9.27. The molecule has 0 aromatic heterocycles. The quantitative estimate of drug-likeness (QED) is 0.614. The first-order valence-electron chi connectivity index (χ1n) is 5.85. The van der Waals surface area contributed by atoms with E-state index in [4.69, 9.17) is 5.53 Å². The number of hydrogen-bond acceptors (Lipinski definition) is 2. The predicted octanol–water partition coefficient (Wildman–Crippen LogP) is 3.77. The molecule has 4 bridgehead atoms. The minimum absolute atomic E-state index is 0.0584. The van der Waals surface area contributed by atoms with Gasteiger partial charge in [-0.25, -0.2) is 5.53 Å².